The van der Waals surface area contributed by atoms with Crippen molar-refractivity contribution in [1.29, 1.82) is 0 Å². The third-order valence-corrected chi connectivity index (χ3v) is 5.06. The van der Waals surface area contributed by atoms with Crippen molar-refractivity contribution in [2.24, 2.45) is 5.41 Å². The Morgan fingerprint density at radius 2 is 1.48 bits per heavy atom. The summed E-state index contributed by atoms with van der Waals surface area (Å²) in [6, 6.07) is 10.8. The van der Waals surface area contributed by atoms with Crippen molar-refractivity contribution < 1.29 is 14.4 Å². The quantitative estimate of drug-likeness (QED) is 0.617. The second-order valence-electron chi connectivity index (χ2n) is 7.40. The maximum Gasteiger partial charge on any atom is 0.240 e. The highest BCUT2D eigenvalue weighted by Gasteiger charge is 2.56. The first-order chi connectivity index (χ1) is 12.7. The number of anilines is 2. The lowest BCUT2D eigenvalue weighted by atomic mass is 10.0. The normalized spacial score (nSPS) is 14.4. The Kier molecular flexibility index (Phi) is 4.87. The van der Waals surface area contributed by atoms with Gasteiger partial charge in [0.25, 0.3) is 0 Å². The van der Waals surface area contributed by atoms with Crippen LogP contribution in [0.3, 0.4) is 0 Å². The van der Waals surface area contributed by atoms with E-state index in [0.29, 0.717) is 24.1 Å². The van der Waals surface area contributed by atoms with Crippen LogP contribution in [0, 0.1) is 26.2 Å². The first-order valence-corrected chi connectivity index (χ1v) is 9.05. The highest BCUT2D eigenvalue weighted by Crippen LogP contribution is 2.47. The SMILES string of the molecule is CC(=O)c1cccc(NC(=O)C2(C(=O)Nc3c(C)cc(C)cc3C)CC2)c1. The van der Waals surface area contributed by atoms with Crippen LogP contribution < -0.4 is 10.6 Å². The van der Waals surface area contributed by atoms with Crippen molar-refractivity contribution in [1.82, 2.24) is 0 Å². The standard InChI is InChI=1S/C22H24N2O3/c1-13-10-14(2)19(15(3)11-13)24-21(27)22(8-9-22)20(26)23-18-7-5-6-17(12-18)16(4)25/h5-7,10-12H,8-9H2,1-4H3,(H,23,26)(H,24,27). The Labute approximate surface area is 159 Å². The zero-order valence-electron chi connectivity index (χ0n) is 16.1. The molecule has 0 unspecified atom stereocenters. The number of hydrogen-bond donors (Lipinski definition) is 2. The van der Waals surface area contributed by atoms with E-state index in [1.165, 1.54) is 6.92 Å². The fraction of sp³-hybridized carbons (Fsp3) is 0.318. The summed E-state index contributed by atoms with van der Waals surface area (Å²) in [7, 11) is 0. The van der Waals surface area contributed by atoms with Gasteiger partial charge in [-0.1, -0.05) is 29.8 Å². The van der Waals surface area contributed by atoms with Gasteiger partial charge < -0.3 is 10.6 Å². The molecule has 3 rings (SSSR count). The third kappa shape index (κ3) is 3.77. The van der Waals surface area contributed by atoms with Crippen LogP contribution in [0.1, 0.15) is 46.8 Å². The van der Waals surface area contributed by atoms with Gasteiger partial charge in [0.1, 0.15) is 5.41 Å². The molecular formula is C22H24N2O3. The van der Waals surface area contributed by atoms with Crippen LogP contribution in [0.2, 0.25) is 0 Å². The van der Waals surface area contributed by atoms with E-state index < -0.39 is 5.41 Å². The highest BCUT2D eigenvalue weighted by atomic mass is 16.2. The maximum atomic E-state index is 12.9. The van der Waals surface area contributed by atoms with Crippen LogP contribution in [0.5, 0.6) is 0 Å². The number of Topliss-reactive ketones (excluding diaryl/α,β-unsaturated/α-hetero) is 1. The molecule has 1 aliphatic rings. The van der Waals surface area contributed by atoms with Gasteiger partial charge in [-0.15, -0.1) is 0 Å². The summed E-state index contributed by atoms with van der Waals surface area (Å²) in [5.74, 6) is -0.684. The average Bonchev–Trinajstić information content (AvgIpc) is 3.40. The lowest BCUT2D eigenvalue weighted by molar-refractivity contribution is -0.131. The van der Waals surface area contributed by atoms with E-state index in [1.807, 2.05) is 32.9 Å². The summed E-state index contributed by atoms with van der Waals surface area (Å²) >= 11 is 0. The van der Waals surface area contributed by atoms with Crippen LogP contribution >= 0.6 is 0 Å². The third-order valence-electron chi connectivity index (χ3n) is 5.06. The summed E-state index contributed by atoms with van der Waals surface area (Å²) in [5, 5.41) is 5.74. The topological polar surface area (TPSA) is 75.3 Å². The molecule has 2 amide bonds. The highest BCUT2D eigenvalue weighted by molar-refractivity contribution is 6.17. The van der Waals surface area contributed by atoms with Crippen molar-refractivity contribution in [2.75, 3.05) is 10.6 Å². The van der Waals surface area contributed by atoms with Gasteiger partial charge in [-0.05, 0) is 63.8 Å². The van der Waals surface area contributed by atoms with Crippen molar-refractivity contribution in [3.05, 3.63) is 58.7 Å². The number of hydrogen-bond acceptors (Lipinski definition) is 3. The fourth-order valence-corrected chi connectivity index (χ4v) is 3.36. The number of rotatable bonds is 5. The van der Waals surface area contributed by atoms with Gasteiger partial charge in [-0.2, -0.15) is 0 Å². The molecule has 0 aromatic heterocycles. The monoisotopic (exact) mass is 364 g/mol. The summed E-state index contributed by atoms with van der Waals surface area (Å²) in [5.41, 5.74) is 3.85. The van der Waals surface area contributed by atoms with Gasteiger partial charge in [0.15, 0.2) is 5.78 Å². The molecule has 1 fully saturated rings. The Hall–Kier alpha value is -2.95. The molecule has 2 aromatic rings. The van der Waals surface area contributed by atoms with E-state index in [9.17, 15) is 14.4 Å². The number of ketones is 1. The molecule has 2 aromatic carbocycles. The van der Waals surface area contributed by atoms with Gasteiger partial charge in [0.2, 0.25) is 11.8 Å². The number of aryl methyl sites for hydroxylation is 3. The number of carbonyl (C=O) groups is 3. The van der Waals surface area contributed by atoms with Crippen LogP contribution in [0.15, 0.2) is 36.4 Å². The van der Waals surface area contributed by atoms with Crippen LogP contribution in [0.25, 0.3) is 0 Å². The van der Waals surface area contributed by atoms with Crippen molar-refractivity contribution in [2.45, 2.75) is 40.5 Å². The largest absolute Gasteiger partial charge is 0.325 e. The maximum absolute atomic E-state index is 12.9. The molecule has 1 saturated carbocycles. The summed E-state index contributed by atoms with van der Waals surface area (Å²) < 4.78 is 0. The van der Waals surface area contributed by atoms with E-state index in [-0.39, 0.29) is 17.6 Å². The number of carbonyl (C=O) groups excluding carboxylic acids is 3. The van der Waals surface area contributed by atoms with Crippen molar-refractivity contribution in [3.63, 3.8) is 0 Å². The molecule has 5 heteroatoms. The minimum atomic E-state index is -1.05. The molecule has 140 valence electrons. The Bertz CT molecular complexity index is 919. The molecular weight excluding hydrogens is 340 g/mol. The Morgan fingerprint density at radius 3 is 2.04 bits per heavy atom. The van der Waals surface area contributed by atoms with Crippen molar-refractivity contribution in [3.8, 4) is 0 Å². The minimum absolute atomic E-state index is 0.0738. The van der Waals surface area contributed by atoms with Gasteiger partial charge in [0.05, 0.1) is 0 Å². The van der Waals surface area contributed by atoms with E-state index in [4.69, 9.17) is 0 Å². The van der Waals surface area contributed by atoms with Crippen LogP contribution in [-0.4, -0.2) is 17.6 Å². The molecule has 0 saturated heterocycles. The molecule has 2 N–H and O–H groups in total. The zero-order chi connectivity index (χ0) is 19.8. The van der Waals surface area contributed by atoms with Gasteiger partial charge in [-0.25, -0.2) is 0 Å². The van der Waals surface area contributed by atoms with Crippen molar-refractivity contribution >= 4 is 29.0 Å². The molecule has 0 aliphatic heterocycles. The average molecular weight is 364 g/mol. The predicted molar refractivity (Wildman–Crippen MR) is 106 cm³/mol. The van der Waals surface area contributed by atoms with Crippen LogP contribution in [-0.2, 0) is 9.59 Å². The van der Waals surface area contributed by atoms with E-state index >= 15 is 0 Å². The second-order valence-corrected chi connectivity index (χ2v) is 7.40. The van der Waals surface area contributed by atoms with Gasteiger partial charge in [-0.3, -0.25) is 14.4 Å². The molecule has 0 atom stereocenters. The molecule has 5 nitrogen and oxygen atoms in total. The lowest BCUT2D eigenvalue weighted by Gasteiger charge is -2.18. The lowest BCUT2D eigenvalue weighted by Crippen LogP contribution is -2.36. The van der Waals surface area contributed by atoms with E-state index in [2.05, 4.69) is 10.6 Å². The predicted octanol–water partition coefficient (Wildman–Crippen LogP) is 4.17. The van der Waals surface area contributed by atoms with E-state index in [0.717, 1.165) is 22.4 Å². The summed E-state index contributed by atoms with van der Waals surface area (Å²) in [6.07, 6.45) is 1.03. The van der Waals surface area contributed by atoms with Crippen LogP contribution in [0.4, 0.5) is 11.4 Å². The molecule has 0 spiro atoms. The number of nitrogens with one attached hydrogen (secondary N) is 2. The number of benzene rings is 2. The molecule has 1 aliphatic carbocycles. The summed E-state index contributed by atoms with van der Waals surface area (Å²) in [6.45, 7) is 7.38. The molecule has 0 radical (unpaired) electrons. The van der Waals surface area contributed by atoms with Gasteiger partial charge in [0, 0.05) is 16.9 Å². The molecule has 0 heterocycles. The second kappa shape index (κ2) is 6.99. The van der Waals surface area contributed by atoms with E-state index in [1.54, 1.807) is 24.3 Å². The first kappa shape index (κ1) is 18.8. The molecule has 27 heavy (non-hydrogen) atoms. The number of amides is 2. The zero-order valence-corrected chi connectivity index (χ0v) is 16.1. The Morgan fingerprint density at radius 1 is 0.889 bits per heavy atom. The summed E-state index contributed by atoms with van der Waals surface area (Å²) in [4.78, 5) is 37.2. The fourth-order valence-electron chi connectivity index (χ4n) is 3.36. The molecule has 0 bridgehead atoms. The van der Waals surface area contributed by atoms with Gasteiger partial charge >= 0.3 is 0 Å². The first-order valence-electron chi connectivity index (χ1n) is 9.05. The Balaban J connectivity index is 1.77. The minimum Gasteiger partial charge on any atom is -0.325 e. The smallest absolute Gasteiger partial charge is 0.240 e.